The Morgan fingerprint density at radius 1 is 0.286 bits per heavy atom. The van der Waals surface area contributed by atoms with Crippen molar-refractivity contribution in [1.82, 2.24) is 0 Å². The van der Waals surface area contributed by atoms with Gasteiger partial charge in [-0.15, -0.1) is 0 Å². The fourth-order valence-electron chi connectivity index (χ4n) is 7.25. The first-order valence-electron chi connectivity index (χ1n) is 19.3. The van der Waals surface area contributed by atoms with E-state index >= 15 is 0 Å². The number of hydrogen-bond acceptors (Lipinski definition) is 2. The molecule has 0 unspecified atom stereocenters. The van der Waals surface area contributed by atoms with Gasteiger partial charge in [-0.1, -0.05) is 180 Å². The van der Waals surface area contributed by atoms with Crippen LogP contribution in [0.25, 0.3) is 35.1 Å². The van der Waals surface area contributed by atoms with Crippen LogP contribution in [0.15, 0.2) is 182 Å². The van der Waals surface area contributed by atoms with Crippen LogP contribution in [-0.4, -0.2) is 0 Å². The largest absolute Gasteiger partial charge is 0.309 e. The number of para-hydroxylation sites is 2. The summed E-state index contributed by atoms with van der Waals surface area (Å²) >= 11 is 0. The summed E-state index contributed by atoms with van der Waals surface area (Å²) in [7, 11) is 0. The molecular formula is C54H46N2. The molecular weight excluding hydrogens is 677 g/mol. The van der Waals surface area contributed by atoms with Gasteiger partial charge in [0.1, 0.15) is 0 Å². The zero-order chi connectivity index (χ0) is 38.4. The van der Waals surface area contributed by atoms with E-state index in [-0.39, 0.29) is 0 Å². The highest BCUT2D eigenvalue weighted by Gasteiger charge is 2.22. The van der Waals surface area contributed by atoms with E-state index < -0.39 is 0 Å². The number of hydrogen-bond donors (Lipinski definition) is 0. The highest BCUT2D eigenvalue weighted by atomic mass is 15.2. The summed E-state index contributed by atoms with van der Waals surface area (Å²) in [6.07, 6.45) is 8.88. The number of aryl methyl sites for hydroxylation is 4. The smallest absolute Gasteiger partial charge is 0.0541 e. The van der Waals surface area contributed by atoms with Crippen molar-refractivity contribution in [3.8, 4) is 0 Å². The van der Waals surface area contributed by atoms with Crippen molar-refractivity contribution in [3.63, 3.8) is 0 Å². The molecule has 8 rings (SSSR count). The van der Waals surface area contributed by atoms with Crippen molar-refractivity contribution in [1.29, 1.82) is 0 Å². The van der Waals surface area contributed by atoms with E-state index in [1.165, 1.54) is 33.4 Å². The molecule has 0 aliphatic rings. The Morgan fingerprint density at radius 2 is 0.607 bits per heavy atom. The lowest BCUT2D eigenvalue weighted by Gasteiger charge is -2.32. The van der Waals surface area contributed by atoms with E-state index in [1.807, 2.05) is 0 Å². The molecule has 2 heteroatoms. The van der Waals surface area contributed by atoms with Gasteiger partial charge in [-0.05, 0) is 98.5 Å². The molecule has 0 aromatic heterocycles. The maximum atomic E-state index is 2.41. The van der Waals surface area contributed by atoms with Gasteiger partial charge in [-0.25, -0.2) is 0 Å². The molecule has 2 nitrogen and oxygen atoms in total. The van der Waals surface area contributed by atoms with Crippen LogP contribution in [0, 0.1) is 27.7 Å². The molecule has 0 spiro atoms. The summed E-state index contributed by atoms with van der Waals surface area (Å²) in [4.78, 5) is 4.82. The summed E-state index contributed by atoms with van der Waals surface area (Å²) in [5.74, 6) is 0. The second kappa shape index (κ2) is 16.2. The van der Waals surface area contributed by atoms with Crippen molar-refractivity contribution in [3.05, 3.63) is 226 Å². The van der Waals surface area contributed by atoms with E-state index in [9.17, 15) is 0 Å². The first-order chi connectivity index (χ1) is 27.4. The number of nitrogens with zero attached hydrogens (tertiary/aromatic N) is 2. The van der Waals surface area contributed by atoms with Crippen molar-refractivity contribution in [2.45, 2.75) is 27.7 Å². The van der Waals surface area contributed by atoms with Gasteiger partial charge >= 0.3 is 0 Å². The topological polar surface area (TPSA) is 6.48 Å². The van der Waals surface area contributed by atoms with Gasteiger partial charge in [-0.2, -0.15) is 0 Å². The molecule has 0 radical (unpaired) electrons. The summed E-state index contributed by atoms with van der Waals surface area (Å²) in [6.45, 7) is 8.54. The maximum Gasteiger partial charge on any atom is 0.0541 e. The molecule has 0 atom stereocenters. The summed E-state index contributed by atoms with van der Waals surface area (Å²) < 4.78 is 0. The Kier molecular flexibility index (Phi) is 10.5. The summed E-state index contributed by atoms with van der Waals surface area (Å²) in [6, 6.07) is 65.9. The molecule has 0 saturated heterocycles. The number of rotatable bonds is 10. The number of benzene rings is 8. The molecule has 0 bridgehead atoms. The van der Waals surface area contributed by atoms with Crippen LogP contribution in [-0.2, 0) is 0 Å². The number of fused-ring (bicyclic) bond motifs is 1. The number of anilines is 6. The summed E-state index contributed by atoms with van der Waals surface area (Å²) in [5.41, 5.74) is 16.2. The van der Waals surface area contributed by atoms with Gasteiger partial charge in [0, 0.05) is 22.1 Å². The fraction of sp³-hybridized carbons (Fsp3) is 0.0741. The quantitative estimate of drug-likeness (QED) is 0.130. The molecule has 8 aromatic carbocycles. The molecule has 8 aromatic rings. The lowest BCUT2D eigenvalue weighted by molar-refractivity contribution is 1.26. The standard InChI is InChI=1S/C54H46N2/c1-39-17-25-43(26-18-39)29-31-45-11-5-9-15-51(45)55(47-33-21-41(3)22-34-47)53-37-38-54(50-14-8-7-13-49(50)53)56(48-35-23-42(4)24-36-48)52-16-10-6-12-46(52)32-30-44-27-19-40(2)20-28-44/h5-38H,1-4H3. The molecule has 0 aliphatic carbocycles. The average Bonchev–Trinajstić information content (AvgIpc) is 3.23. The van der Waals surface area contributed by atoms with Gasteiger partial charge in [-0.3, -0.25) is 0 Å². The minimum atomic E-state index is 1.10. The van der Waals surface area contributed by atoms with Crippen LogP contribution < -0.4 is 9.80 Å². The SMILES string of the molecule is Cc1ccc(C=Cc2ccccc2N(c2ccc(C)cc2)c2ccc(N(c3ccc(C)cc3)c3ccccc3C=Cc3ccc(C)cc3)c3ccccc23)cc1. The van der Waals surface area contributed by atoms with E-state index in [1.54, 1.807) is 0 Å². The van der Waals surface area contributed by atoms with Gasteiger partial charge in [0.05, 0.1) is 22.7 Å². The normalized spacial score (nSPS) is 11.4. The molecule has 0 amide bonds. The third kappa shape index (κ3) is 7.83. The molecule has 56 heavy (non-hydrogen) atoms. The Balaban J connectivity index is 1.31. The van der Waals surface area contributed by atoms with Crippen molar-refractivity contribution in [2.75, 3.05) is 9.80 Å². The van der Waals surface area contributed by atoms with Gasteiger partial charge in [0.25, 0.3) is 0 Å². The Labute approximate surface area is 332 Å². The Morgan fingerprint density at radius 3 is 0.982 bits per heavy atom. The monoisotopic (exact) mass is 722 g/mol. The van der Waals surface area contributed by atoms with E-state index in [4.69, 9.17) is 0 Å². The molecule has 272 valence electrons. The van der Waals surface area contributed by atoms with Gasteiger partial charge in [0.2, 0.25) is 0 Å². The lowest BCUT2D eigenvalue weighted by Crippen LogP contribution is -2.14. The summed E-state index contributed by atoms with van der Waals surface area (Å²) in [5, 5.41) is 2.32. The maximum absolute atomic E-state index is 2.41. The highest BCUT2D eigenvalue weighted by molar-refractivity contribution is 6.08. The van der Waals surface area contributed by atoms with Gasteiger partial charge < -0.3 is 9.80 Å². The van der Waals surface area contributed by atoms with Gasteiger partial charge in [0.15, 0.2) is 0 Å². The minimum absolute atomic E-state index is 1.10. The van der Waals surface area contributed by atoms with Crippen LogP contribution in [0.5, 0.6) is 0 Å². The molecule has 0 heterocycles. The third-order valence-corrected chi connectivity index (χ3v) is 10.4. The van der Waals surface area contributed by atoms with Crippen molar-refractivity contribution < 1.29 is 0 Å². The molecule has 0 saturated carbocycles. The average molecular weight is 723 g/mol. The minimum Gasteiger partial charge on any atom is -0.309 e. The van der Waals surface area contributed by atoms with E-state index in [0.717, 1.165) is 56.0 Å². The van der Waals surface area contributed by atoms with E-state index in [0.29, 0.717) is 0 Å². The second-order valence-electron chi connectivity index (χ2n) is 14.6. The fourth-order valence-corrected chi connectivity index (χ4v) is 7.25. The Bertz CT molecular complexity index is 2460. The molecule has 0 fully saturated rings. The van der Waals surface area contributed by atoms with Crippen molar-refractivity contribution in [2.24, 2.45) is 0 Å². The lowest BCUT2D eigenvalue weighted by atomic mass is 10.0. The second-order valence-corrected chi connectivity index (χ2v) is 14.6. The zero-order valence-electron chi connectivity index (χ0n) is 32.5. The van der Waals surface area contributed by atoms with Crippen LogP contribution in [0.4, 0.5) is 34.1 Å². The first-order valence-corrected chi connectivity index (χ1v) is 19.3. The van der Waals surface area contributed by atoms with Crippen molar-refractivity contribution >= 4 is 69.2 Å². The van der Waals surface area contributed by atoms with Crippen LogP contribution >= 0.6 is 0 Å². The predicted octanol–water partition coefficient (Wildman–Crippen LogP) is 15.4. The van der Waals surface area contributed by atoms with Crippen LogP contribution in [0.3, 0.4) is 0 Å². The highest BCUT2D eigenvalue weighted by Crippen LogP contribution is 2.46. The van der Waals surface area contributed by atoms with Crippen LogP contribution in [0.1, 0.15) is 44.5 Å². The zero-order valence-corrected chi connectivity index (χ0v) is 32.5. The third-order valence-electron chi connectivity index (χ3n) is 10.4. The molecule has 0 aliphatic heterocycles. The molecule has 0 N–H and O–H groups in total. The predicted molar refractivity (Wildman–Crippen MR) is 243 cm³/mol. The van der Waals surface area contributed by atoms with Crippen LogP contribution in [0.2, 0.25) is 0 Å². The Hall–Kier alpha value is -6.90. The first kappa shape index (κ1) is 36.1. The van der Waals surface area contributed by atoms with E-state index in [2.05, 4.69) is 244 Å².